The minimum atomic E-state index is -4.96. The lowest BCUT2D eigenvalue weighted by Crippen LogP contribution is -2.30. The molecule has 0 saturated carbocycles. The number of aliphatic hydroxyl groups excluding tert-OH is 1. The molecule has 0 aromatic carbocycles. The number of esters is 4. The summed E-state index contributed by atoms with van der Waals surface area (Å²) in [6.45, 7) is 9.63. The summed E-state index contributed by atoms with van der Waals surface area (Å²) in [6, 6.07) is 0. The van der Waals surface area contributed by atoms with Crippen molar-refractivity contribution in [3.63, 3.8) is 0 Å². The van der Waals surface area contributed by atoms with Crippen molar-refractivity contribution in [1.82, 2.24) is 0 Å². The summed E-state index contributed by atoms with van der Waals surface area (Å²) < 4.78 is 68.6. The zero-order chi connectivity index (χ0) is 70.7. The molecule has 3 N–H and O–H groups in total. The number of carbonyl (C=O) groups excluding carboxylic acids is 4. The average molecular weight is 1410 g/mol. The zero-order valence-electron chi connectivity index (χ0n) is 62.7. The van der Waals surface area contributed by atoms with E-state index < -0.39 is 97.5 Å². The molecule has 96 heavy (non-hydrogen) atoms. The number of unbranched alkanes of at least 4 members (excludes halogenated alkanes) is 44. The van der Waals surface area contributed by atoms with Gasteiger partial charge in [0.05, 0.1) is 26.4 Å². The van der Waals surface area contributed by atoms with Crippen molar-refractivity contribution >= 4 is 39.5 Å². The largest absolute Gasteiger partial charge is 0.472 e. The van der Waals surface area contributed by atoms with Gasteiger partial charge in [-0.2, -0.15) is 0 Å². The fraction of sp³-hybridized carbons (Fsp3) is 0.948. The van der Waals surface area contributed by atoms with Crippen molar-refractivity contribution in [3.05, 3.63) is 0 Å². The van der Waals surface area contributed by atoms with E-state index in [0.717, 1.165) is 108 Å². The highest BCUT2D eigenvalue weighted by atomic mass is 31.2. The first-order chi connectivity index (χ1) is 46.4. The van der Waals surface area contributed by atoms with Gasteiger partial charge in [0.1, 0.15) is 19.3 Å². The fourth-order valence-corrected chi connectivity index (χ4v) is 13.3. The van der Waals surface area contributed by atoms with E-state index in [1.54, 1.807) is 0 Å². The number of phosphoric acid groups is 2. The first-order valence-corrected chi connectivity index (χ1v) is 43.1. The molecule has 0 amide bonds. The Balaban J connectivity index is 5.25. The lowest BCUT2D eigenvalue weighted by Gasteiger charge is -2.21. The normalized spacial score (nSPS) is 14.6. The van der Waals surface area contributed by atoms with Crippen LogP contribution in [0.25, 0.3) is 0 Å². The van der Waals surface area contributed by atoms with Crippen LogP contribution in [0.1, 0.15) is 401 Å². The molecular formula is C77H150O17P2. The summed E-state index contributed by atoms with van der Waals surface area (Å²) in [7, 11) is -9.91. The number of carbonyl (C=O) groups is 4. The van der Waals surface area contributed by atoms with E-state index >= 15 is 0 Å². The van der Waals surface area contributed by atoms with Crippen molar-refractivity contribution in [3.8, 4) is 0 Å². The van der Waals surface area contributed by atoms with E-state index in [1.165, 1.54) is 212 Å². The summed E-state index contributed by atoms with van der Waals surface area (Å²) in [5.41, 5.74) is 0. The Kier molecular flexibility index (Phi) is 67.4. The Hall–Kier alpha value is -1.94. The monoisotopic (exact) mass is 1410 g/mol. The van der Waals surface area contributed by atoms with Gasteiger partial charge in [0, 0.05) is 25.7 Å². The molecule has 0 aliphatic carbocycles. The molecular weight excluding hydrogens is 1260 g/mol. The summed E-state index contributed by atoms with van der Waals surface area (Å²) in [5, 5.41) is 10.6. The van der Waals surface area contributed by atoms with Crippen molar-refractivity contribution in [2.24, 2.45) is 11.8 Å². The summed E-state index contributed by atoms with van der Waals surface area (Å²) >= 11 is 0. The number of phosphoric ester groups is 2. The molecule has 0 aliphatic rings. The van der Waals surface area contributed by atoms with Crippen LogP contribution in [0.15, 0.2) is 0 Å². The van der Waals surface area contributed by atoms with E-state index in [2.05, 4.69) is 41.5 Å². The van der Waals surface area contributed by atoms with E-state index in [1.807, 2.05) is 0 Å². The molecule has 0 spiro atoms. The van der Waals surface area contributed by atoms with Gasteiger partial charge in [-0.15, -0.1) is 0 Å². The Bertz CT molecular complexity index is 1860. The van der Waals surface area contributed by atoms with Gasteiger partial charge in [-0.25, -0.2) is 9.13 Å². The van der Waals surface area contributed by atoms with Crippen LogP contribution in [0.5, 0.6) is 0 Å². The van der Waals surface area contributed by atoms with Gasteiger partial charge < -0.3 is 33.8 Å². The van der Waals surface area contributed by atoms with Gasteiger partial charge >= 0.3 is 39.5 Å². The number of aliphatic hydroxyl groups is 1. The standard InChI is InChI=1S/C77H150O17P2/c1-7-11-13-15-17-19-21-23-28-32-36-40-47-53-59-74(79)87-65-72(93-76(81)62-56-50-42-38-34-30-26-25-27-31-35-39-45-51-57-69(5)9-3)67-91-95(83,84)89-63-71(78)64-90-96(85,86)92-68-73(66-88-75(80)60-54-48-44-43-46-52-58-70(6)10-4)94-77(82)61-55-49-41-37-33-29-24-22-20-18-16-14-12-8-2/h69-73,78H,7-68H2,1-6H3,(H,83,84)(H,85,86)/t69?,70?,71-,72-,73-/m1/s1. The molecule has 0 rings (SSSR count). The average Bonchev–Trinajstić information content (AvgIpc) is 1.70. The third kappa shape index (κ3) is 67.9. The van der Waals surface area contributed by atoms with Crippen LogP contribution in [0, 0.1) is 11.8 Å². The van der Waals surface area contributed by atoms with Gasteiger partial charge in [0.2, 0.25) is 0 Å². The first kappa shape index (κ1) is 94.1. The van der Waals surface area contributed by atoms with E-state index in [-0.39, 0.29) is 25.7 Å². The second-order valence-corrected chi connectivity index (χ2v) is 31.1. The van der Waals surface area contributed by atoms with Crippen LogP contribution in [0.2, 0.25) is 0 Å². The second kappa shape index (κ2) is 68.8. The smallest absolute Gasteiger partial charge is 0.462 e. The Morgan fingerprint density at radius 2 is 0.500 bits per heavy atom. The second-order valence-electron chi connectivity index (χ2n) is 28.2. The molecule has 4 unspecified atom stereocenters. The van der Waals surface area contributed by atoms with Gasteiger partial charge in [0.25, 0.3) is 0 Å². The molecule has 0 saturated heterocycles. The molecule has 0 fully saturated rings. The highest BCUT2D eigenvalue weighted by Gasteiger charge is 2.30. The summed E-state index contributed by atoms with van der Waals surface area (Å²) in [4.78, 5) is 72.9. The maximum absolute atomic E-state index is 13.1. The van der Waals surface area contributed by atoms with Crippen molar-refractivity contribution in [2.75, 3.05) is 39.6 Å². The van der Waals surface area contributed by atoms with Gasteiger partial charge in [0.15, 0.2) is 12.2 Å². The Morgan fingerprint density at radius 1 is 0.292 bits per heavy atom. The molecule has 17 nitrogen and oxygen atoms in total. The molecule has 19 heteroatoms. The predicted octanol–water partition coefficient (Wildman–Crippen LogP) is 22.7. The molecule has 0 aromatic heterocycles. The Morgan fingerprint density at radius 3 is 0.740 bits per heavy atom. The lowest BCUT2D eigenvalue weighted by atomic mass is 9.99. The number of ether oxygens (including phenoxy) is 4. The maximum Gasteiger partial charge on any atom is 0.472 e. The van der Waals surface area contributed by atoms with Crippen LogP contribution < -0.4 is 0 Å². The van der Waals surface area contributed by atoms with Crippen LogP contribution in [0.4, 0.5) is 0 Å². The van der Waals surface area contributed by atoms with Gasteiger partial charge in [-0.05, 0) is 37.5 Å². The third-order valence-electron chi connectivity index (χ3n) is 18.7. The molecule has 7 atom stereocenters. The molecule has 570 valence electrons. The number of hydrogen-bond donors (Lipinski definition) is 3. The molecule has 0 heterocycles. The molecule has 0 aromatic rings. The minimum Gasteiger partial charge on any atom is -0.462 e. The van der Waals surface area contributed by atoms with E-state index in [4.69, 9.17) is 37.0 Å². The number of rotatable bonds is 76. The maximum atomic E-state index is 13.1. The van der Waals surface area contributed by atoms with E-state index in [0.29, 0.717) is 25.7 Å². The SMILES string of the molecule is CCCCCCCCCCCCCCCCC(=O)OC[C@H](COP(=O)(O)OC[C@@H](O)COP(=O)(O)OC[C@@H](COC(=O)CCCCCCCCC(C)CC)OC(=O)CCCCCCCCCCCCCCCC)OC(=O)CCCCCCCCCCCCCCCCC(C)CC. The molecule has 0 bridgehead atoms. The lowest BCUT2D eigenvalue weighted by molar-refractivity contribution is -0.161. The van der Waals surface area contributed by atoms with Crippen LogP contribution in [0.3, 0.4) is 0 Å². The van der Waals surface area contributed by atoms with Gasteiger partial charge in [-0.3, -0.25) is 37.3 Å². The van der Waals surface area contributed by atoms with E-state index in [9.17, 15) is 43.2 Å². The fourth-order valence-electron chi connectivity index (χ4n) is 11.8. The van der Waals surface area contributed by atoms with Crippen LogP contribution in [-0.2, 0) is 65.4 Å². The Labute approximate surface area is 588 Å². The topological polar surface area (TPSA) is 237 Å². The van der Waals surface area contributed by atoms with Crippen molar-refractivity contribution < 1.29 is 80.2 Å². The zero-order valence-corrected chi connectivity index (χ0v) is 64.5. The highest BCUT2D eigenvalue weighted by Crippen LogP contribution is 2.45. The summed E-state index contributed by atoms with van der Waals surface area (Å²) in [5.74, 6) is -0.536. The summed E-state index contributed by atoms with van der Waals surface area (Å²) in [6.07, 6.45) is 56.7. The van der Waals surface area contributed by atoms with Crippen LogP contribution >= 0.6 is 15.6 Å². The predicted molar refractivity (Wildman–Crippen MR) is 391 cm³/mol. The quantitative estimate of drug-likeness (QED) is 0.0222. The number of hydrogen-bond acceptors (Lipinski definition) is 15. The van der Waals surface area contributed by atoms with Crippen LogP contribution in [-0.4, -0.2) is 96.7 Å². The third-order valence-corrected chi connectivity index (χ3v) is 20.6. The van der Waals surface area contributed by atoms with Gasteiger partial charge in [-0.1, -0.05) is 350 Å². The molecule has 0 radical (unpaired) electrons. The highest BCUT2D eigenvalue weighted by molar-refractivity contribution is 7.47. The van der Waals surface area contributed by atoms with Crippen molar-refractivity contribution in [1.29, 1.82) is 0 Å². The minimum absolute atomic E-state index is 0.107. The van der Waals surface area contributed by atoms with Crippen molar-refractivity contribution in [2.45, 2.75) is 419 Å². The molecule has 0 aliphatic heterocycles. The first-order valence-electron chi connectivity index (χ1n) is 40.1.